The molecule has 20 heavy (non-hydrogen) atoms. The number of anilines is 1. The van der Waals surface area contributed by atoms with Crippen molar-refractivity contribution in [1.29, 1.82) is 0 Å². The lowest BCUT2D eigenvalue weighted by Gasteiger charge is -2.19. The summed E-state index contributed by atoms with van der Waals surface area (Å²) in [6, 6.07) is 1.20. The molecule has 2 N–H and O–H groups in total. The Morgan fingerprint density at radius 1 is 1.65 bits per heavy atom. The van der Waals surface area contributed by atoms with E-state index in [4.69, 9.17) is 0 Å². The van der Waals surface area contributed by atoms with Crippen LogP contribution in [0.15, 0.2) is 12.3 Å². The van der Waals surface area contributed by atoms with Crippen LogP contribution in [0.5, 0.6) is 0 Å². The summed E-state index contributed by atoms with van der Waals surface area (Å²) in [6.07, 6.45) is 1.58. The quantitative estimate of drug-likeness (QED) is 0.621. The van der Waals surface area contributed by atoms with E-state index >= 15 is 0 Å². The zero-order chi connectivity index (χ0) is 14.9. The molecule has 0 radical (unpaired) electrons. The highest BCUT2D eigenvalue weighted by Crippen LogP contribution is 2.25. The van der Waals surface area contributed by atoms with Gasteiger partial charge in [-0.3, -0.25) is 14.9 Å². The van der Waals surface area contributed by atoms with Crippen molar-refractivity contribution in [1.82, 2.24) is 9.88 Å². The number of rotatable bonds is 3. The number of β-amino-alcohol motifs (C(OH)–C–C–N with tert-alkyl or cyclic N) is 1. The van der Waals surface area contributed by atoms with Crippen LogP contribution in [0.3, 0.4) is 0 Å². The number of amides is 1. The van der Waals surface area contributed by atoms with Gasteiger partial charge in [-0.05, 0) is 13.3 Å². The smallest absolute Gasteiger partial charge is 0.288 e. The molecule has 8 heteroatoms. The first-order valence-electron chi connectivity index (χ1n) is 6.18. The summed E-state index contributed by atoms with van der Waals surface area (Å²) in [6.45, 7) is 2.28. The van der Waals surface area contributed by atoms with Crippen molar-refractivity contribution in [3.63, 3.8) is 0 Å². The Balaban J connectivity index is 2.33. The third-order valence-corrected chi connectivity index (χ3v) is 3.29. The van der Waals surface area contributed by atoms with Crippen LogP contribution in [0.25, 0.3) is 0 Å². The van der Waals surface area contributed by atoms with Gasteiger partial charge in [0, 0.05) is 26.2 Å². The van der Waals surface area contributed by atoms with Crippen molar-refractivity contribution in [3.05, 3.63) is 27.9 Å². The molecule has 2 heterocycles. The molecule has 1 aromatic rings. The zero-order valence-electron chi connectivity index (χ0n) is 11.3. The Labute approximate surface area is 115 Å². The molecule has 0 spiro atoms. The minimum absolute atomic E-state index is 0.138. The van der Waals surface area contributed by atoms with Crippen LogP contribution in [0.4, 0.5) is 11.5 Å². The predicted octanol–water partition coefficient (Wildman–Crippen LogP) is 0.628. The zero-order valence-corrected chi connectivity index (χ0v) is 11.3. The lowest BCUT2D eigenvalue weighted by atomic mass is 10.1. The first-order chi connectivity index (χ1) is 9.34. The summed E-state index contributed by atoms with van der Waals surface area (Å²) >= 11 is 0. The Kier molecular flexibility index (Phi) is 3.58. The third kappa shape index (κ3) is 2.69. The van der Waals surface area contributed by atoms with E-state index in [1.165, 1.54) is 11.0 Å². The third-order valence-electron chi connectivity index (χ3n) is 3.29. The number of hydrogen-bond donors (Lipinski definition) is 2. The van der Waals surface area contributed by atoms with E-state index in [-0.39, 0.29) is 29.5 Å². The molecular weight excluding hydrogens is 264 g/mol. The van der Waals surface area contributed by atoms with Gasteiger partial charge in [-0.1, -0.05) is 0 Å². The average molecular weight is 280 g/mol. The lowest BCUT2D eigenvalue weighted by Crippen LogP contribution is -2.34. The number of nitro groups is 1. The fourth-order valence-electron chi connectivity index (χ4n) is 2.20. The molecule has 1 saturated heterocycles. The SMILES string of the molecule is CNc1ncc([N+](=O)[O-])cc1C(=O)N1CCC(C)(O)C1. The Morgan fingerprint density at radius 3 is 2.85 bits per heavy atom. The minimum Gasteiger partial charge on any atom is -0.388 e. The fraction of sp³-hybridized carbons (Fsp3) is 0.500. The van der Waals surface area contributed by atoms with Crippen LogP contribution < -0.4 is 5.32 Å². The van der Waals surface area contributed by atoms with Crippen molar-refractivity contribution >= 4 is 17.4 Å². The Hall–Kier alpha value is -2.22. The second-order valence-electron chi connectivity index (χ2n) is 5.07. The van der Waals surface area contributed by atoms with E-state index in [9.17, 15) is 20.0 Å². The summed E-state index contributed by atoms with van der Waals surface area (Å²) in [5, 5.41) is 23.4. The standard InChI is InChI=1S/C12H16N4O4/c1-12(18)3-4-15(7-12)11(17)9-5-8(16(19)20)6-14-10(9)13-2/h5-6,18H,3-4,7H2,1-2H3,(H,13,14). The van der Waals surface area contributed by atoms with Gasteiger partial charge in [0.15, 0.2) is 0 Å². The van der Waals surface area contributed by atoms with Gasteiger partial charge in [-0.25, -0.2) is 4.98 Å². The van der Waals surface area contributed by atoms with Crippen molar-refractivity contribution in [2.75, 3.05) is 25.5 Å². The maximum Gasteiger partial charge on any atom is 0.288 e. The number of pyridine rings is 1. The number of aromatic nitrogens is 1. The predicted molar refractivity (Wildman–Crippen MR) is 71.6 cm³/mol. The van der Waals surface area contributed by atoms with Gasteiger partial charge in [0.05, 0.1) is 16.1 Å². The van der Waals surface area contributed by atoms with Crippen molar-refractivity contribution < 1.29 is 14.8 Å². The molecule has 2 rings (SSSR count). The number of hydrogen-bond acceptors (Lipinski definition) is 6. The molecule has 1 unspecified atom stereocenters. The summed E-state index contributed by atoms with van der Waals surface area (Å²) in [5.41, 5.74) is -1.01. The summed E-state index contributed by atoms with van der Waals surface area (Å²) in [4.78, 5) is 27.9. The molecule has 1 aliphatic rings. The first-order valence-corrected chi connectivity index (χ1v) is 6.18. The molecule has 0 aromatic carbocycles. The molecule has 1 aromatic heterocycles. The van der Waals surface area contributed by atoms with Crippen LogP contribution in [0, 0.1) is 10.1 Å². The summed E-state index contributed by atoms with van der Waals surface area (Å²) in [5.74, 6) is -0.0875. The Morgan fingerprint density at radius 2 is 2.35 bits per heavy atom. The molecule has 108 valence electrons. The fourth-order valence-corrected chi connectivity index (χ4v) is 2.20. The van der Waals surface area contributed by atoms with Crippen molar-refractivity contribution in [2.24, 2.45) is 0 Å². The van der Waals surface area contributed by atoms with E-state index < -0.39 is 10.5 Å². The van der Waals surface area contributed by atoms with E-state index in [1.54, 1.807) is 14.0 Å². The molecule has 1 fully saturated rings. The van der Waals surface area contributed by atoms with Crippen molar-refractivity contribution in [3.8, 4) is 0 Å². The molecule has 1 amide bonds. The van der Waals surface area contributed by atoms with Gasteiger partial charge < -0.3 is 15.3 Å². The van der Waals surface area contributed by atoms with Crippen LogP contribution >= 0.6 is 0 Å². The van der Waals surface area contributed by atoms with Gasteiger partial charge >= 0.3 is 0 Å². The van der Waals surface area contributed by atoms with Gasteiger partial charge in [0.1, 0.15) is 12.0 Å². The monoisotopic (exact) mass is 280 g/mol. The summed E-state index contributed by atoms with van der Waals surface area (Å²) < 4.78 is 0. The number of nitrogens with zero attached hydrogens (tertiary/aromatic N) is 3. The number of nitrogens with one attached hydrogen (secondary N) is 1. The van der Waals surface area contributed by atoms with Gasteiger partial charge in [0.25, 0.3) is 11.6 Å². The van der Waals surface area contributed by atoms with Gasteiger partial charge in [-0.2, -0.15) is 0 Å². The van der Waals surface area contributed by atoms with E-state index in [1.807, 2.05) is 0 Å². The second-order valence-corrected chi connectivity index (χ2v) is 5.07. The second kappa shape index (κ2) is 5.04. The van der Waals surface area contributed by atoms with Gasteiger partial charge in [-0.15, -0.1) is 0 Å². The van der Waals surface area contributed by atoms with Gasteiger partial charge in [0.2, 0.25) is 0 Å². The number of carbonyl (C=O) groups excluding carboxylic acids is 1. The number of carbonyl (C=O) groups is 1. The minimum atomic E-state index is -0.913. The highest BCUT2D eigenvalue weighted by atomic mass is 16.6. The average Bonchev–Trinajstić information content (AvgIpc) is 2.77. The summed E-state index contributed by atoms with van der Waals surface area (Å²) in [7, 11) is 1.59. The largest absolute Gasteiger partial charge is 0.388 e. The van der Waals surface area contributed by atoms with E-state index in [2.05, 4.69) is 10.3 Å². The number of likely N-dealkylation sites (tertiary alicyclic amines) is 1. The molecule has 0 saturated carbocycles. The van der Waals surface area contributed by atoms with Crippen LogP contribution in [-0.4, -0.2) is 51.6 Å². The molecule has 1 atom stereocenters. The normalized spacial score (nSPS) is 21.9. The highest BCUT2D eigenvalue weighted by molar-refractivity contribution is 5.99. The van der Waals surface area contributed by atoms with E-state index in [0.29, 0.717) is 13.0 Å². The van der Waals surface area contributed by atoms with Crippen LogP contribution in [-0.2, 0) is 0 Å². The maximum absolute atomic E-state index is 12.4. The Bertz CT molecular complexity index is 558. The molecular formula is C12H16N4O4. The van der Waals surface area contributed by atoms with Crippen molar-refractivity contribution in [2.45, 2.75) is 18.9 Å². The number of aliphatic hydroxyl groups is 1. The van der Waals surface area contributed by atoms with Crippen LogP contribution in [0.2, 0.25) is 0 Å². The lowest BCUT2D eigenvalue weighted by molar-refractivity contribution is -0.385. The van der Waals surface area contributed by atoms with E-state index in [0.717, 1.165) is 6.20 Å². The first kappa shape index (κ1) is 14.2. The highest BCUT2D eigenvalue weighted by Gasteiger charge is 2.35. The molecule has 0 bridgehead atoms. The molecule has 1 aliphatic heterocycles. The maximum atomic E-state index is 12.4. The topological polar surface area (TPSA) is 109 Å². The molecule has 0 aliphatic carbocycles. The van der Waals surface area contributed by atoms with Crippen LogP contribution in [0.1, 0.15) is 23.7 Å². The molecule has 8 nitrogen and oxygen atoms in total.